The van der Waals surface area contributed by atoms with Crippen LogP contribution in [0.4, 0.5) is 17.3 Å². The van der Waals surface area contributed by atoms with Crippen LogP contribution in [0.2, 0.25) is 0 Å². The van der Waals surface area contributed by atoms with Crippen molar-refractivity contribution in [2.24, 2.45) is 0 Å². The summed E-state index contributed by atoms with van der Waals surface area (Å²) in [4.78, 5) is 34.7. The first-order valence-corrected chi connectivity index (χ1v) is 13.3. The van der Waals surface area contributed by atoms with Crippen LogP contribution in [0.5, 0.6) is 0 Å². The number of hydrogen-bond acceptors (Lipinski definition) is 7. The minimum Gasteiger partial charge on any atom is -0.343 e. The van der Waals surface area contributed by atoms with Gasteiger partial charge in [0.15, 0.2) is 0 Å². The van der Waals surface area contributed by atoms with E-state index in [4.69, 9.17) is 0 Å². The number of para-hydroxylation sites is 1. The maximum Gasteiger partial charge on any atom is 0.240 e. The van der Waals surface area contributed by atoms with Crippen molar-refractivity contribution in [2.75, 3.05) is 30.3 Å². The summed E-state index contributed by atoms with van der Waals surface area (Å²) in [7, 11) is -3.67. The van der Waals surface area contributed by atoms with Crippen molar-refractivity contribution in [1.82, 2.24) is 19.6 Å². The summed E-state index contributed by atoms with van der Waals surface area (Å²) < 4.78 is 27.8. The molecule has 1 aromatic heterocycles. The number of benzene rings is 2. The zero-order valence-corrected chi connectivity index (χ0v) is 20.3. The van der Waals surface area contributed by atoms with Crippen LogP contribution in [-0.4, -0.2) is 54.7 Å². The SMILES string of the molecule is O=C1Cc2cnc(Nc3ccc(S(=O)(=O)NCCCN4CCCC4=O)cc3)nc2-c2ccccc2N1. The summed E-state index contributed by atoms with van der Waals surface area (Å²) in [6.07, 6.45) is 3.81. The number of amides is 2. The molecule has 3 N–H and O–H groups in total. The third-order valence-electron chi connectivity index (χ3n) is 6.16. The second-order valence-electron chi connectivity index (χ2n) is 8.72. The van der Waals surface area contributed by atoms with Crippen molar-refractivity contribution >= 4 is 39.2 Å². The number of fused-ring (bicyclic) bond motifs is 3. The van der Waals surface area contributed by atoms with Gasteiger partial charge in [-0.2, -0.15) is 0 Å². The van der Waals surface area contributed by atoms with Crippen molar-refractivity contribution in [3.8, 4) is 11.3 Å². The largest absolute Gasteiger partial charge is 0.343 e. The van der Waals surface area contributed by atoms with Gasteiger partial charge in [0.1, 0.15) is 0 Å². The molecular weight excluding hydrogens is 480 g/mol. The standard InChI is InChI=1S/C25H26N6O4S/c32-22-15-17-16-26-25(30-24(17)20-5-1-2-6-21(20)29-22)28-18-8-10-19(11-9-18)36(34,35)27-12-4-14-31-13-3-7-23(31)33/h1-2,5-6,8-11,16,27H,3-4,7,12-15H2,(H,29,32)(H,26,28,30). The van der Waals surface area contributed by atoms with E-state index >= 15 is 0 Å². The topological polar surface area (TPSA) is 133 Å². The maximum absolute atomic E-state index is 12.6. The number of nitrogens with zero attached hydrogens (tertiary/aromatic N) is 3. The van der Waals surface area contributed by atoms with E-state index in [1.54, 1.807) is 23.2 Å². The molecule has 1 fully saturated rings. The molecule has 2 aliphatic rings. The lowest BCUT2D eigenvalue weighted by atomic mass is 10.1. The normalized spacial score (nSPS) is 15.2. The average molecular weight is 507 g/mol. The fourth-order valence-electron chi connectivity index (χ4n) is 4.34. The van der Waals surface area contributed by atoms with E-state index in [1.165, 1.54) is 12.1 Å². The molecule has 11 heteroatoms. The van der Waals surface area contributed by atoms with Gasteiger partial charge in [-0.1, -0.05) is 18.2 Å². The molecule has 10 nitrogen and oxygen atoms in total. The maximum atomic E-state index is 12.6. The number of likely N-dealkylation sites (tertiary alicyclic amines) is 1. The first-order chi connectivity index (χ1) is 17.4. The summed E-state index contributed by atoms with van der Waals surface area (Å²) in [6.45, 7) is 1.56. The number of hydrogen-bond donors (Lipinski definition) is 3. The molecule has 3 heterocycles. The number of sulfonamides is 1. The number of nitrogens with one attached hydrogen (secondary N) is 3. The van der Waals surface area contributed by atoms with Gasteiger partial charge in [0.25, 0.3) is 0 Å². The van der Waals surface area contributed by atoms with E-state index in [-0.39, 0.29) is 29.7 Å². The van der Waals surface area contributed by atoms with Crippen LogP contribution in [0.25, 0.3) is 11.3 Å². The number of aromatic nitrogens is 2. The summed E-state index contributed by atoms with van der Waals surface area (Å²) in [5, 5.41) is 5.99. The molecular formula is C25H26N6O4S. The molecule has 186 valence electrons. The van der Waals surface area contributed by atoms with Crippen LogP contribution in [0.3, 0.4) is 0 Å². The predicted octanol–water partition coefficient (Wildman–Crippen LogP) is 2.67. The molecule has 2 aliphatic heterocycles. The minimum absolute atomic E-state index is 0.125. The van der Waals surface area contributed by atoms with Gasteiger partial charge in [-0.05, 0) is 43.2 Å². The lowest BCUT2D eigenvalue weighted by molar-refractivity contribution is -0.127. The summed E-state index contributed by atoms with van der Waals surface area (Å²) in [5.74, 6) is 0.345. The molecule has 0 radical (unpaired) electrons. The highest BCUT2D eigenvalue weighted by Gasteiger charge is 2.21. The summed E-state index contributed by atoms with van der Waals surface area (Å²) in [5.41, 5.74) is 3.52. The van der Waals surface area contributed by atoms with Gasteiger partial charge in [-0.3, -0.25) is 9.59 Å². The highest BCUT2D eigenvalue weighted by molar-refractivity contribution is 7.89. The quantitative estimate of drug-likeness (QED) is 0.400. The van der Waals surface area contributed by atoms with Crippen molar-refractivity contribution in [3.63, 3.8) is 0 Å². The number of carbonyl (C=O) groups is 2. The molecule has 36 heavy (non-hydrogen) atoms. The van der Waals surface area contributed by atoms with Crippen LogP contribution in [-0.2, 0) is 26.0 Å². The smallest absolute Gasteiger partial charge is 0.240 e. The molecule has 0 bridgehead atoms. The lowest BCUT2D eigenvalue weighted by Gasteiger charge is -2.15. The van der Waals surface area contributed by atoms with Crippen LogP contribution in [0.1, 0.15) is 24.8 Å². The van der Waals surface area contributed by atoms with Crippen molar-refractivity contribution in [3.05, 3.63) is 60.3 Å². The minimum atomic E-state index is -3.67. The van der Waals surface area contributed by atoms with Crippen molar-refractivity contribution < 1.29 is 18.0 Å². The number of carbonyl (C=O) groups excluding carboxylic acids is 2. The Kier molecular flexibility index (Phi) is 6.66. The first-order valence-electron chi connectivity index (χ1n) is 11.8. The summed E-state index contributed by atoms with van der Waals surface area (Å²) >= 11 is 0. The molecule has 0 aliphatic carbocycles. The molecule has 3 aromatic rings. The number of anilines is 3. The van der Waals surface area contributed by atoms with E-state index in [1.807, 2.05) is 24.3 Å². The van der Waals surface area contributed by atoms with Crippen LogP contribution >= 0.6 is 0 Å². The fourth-order valence-corrected chi connectivity index (χ4v) is 5.42. The van der Waals surface area contributed by atoms with Gasteiger partial charge in [0.05, 0.1) is 22.7 Å². The van der Waals surface area contributed by atoms with Gasteiger partial charge in [-0.15, -0.1) is 0 Å². The molecule has 1 saturated heterocycles. The van der Waals surface area contributed by atoms with E-state index in [0.29, 0.717) is 42.4 Å². The third-order valence-corrected chi connectivity index (χ3v) is 7.64. The summed E-state index contributed by atoms with van der Waals surface area (Å²) in [6, 6.07) is 13.8. The highest BCUT2D eigenvalue weighted by Crippen LogP contribution is 2.32. The highest BCUT2D eigenvalue weighted by atomic mass is 32.2. The Bertz CT molecular complexity index is 1410. The van der Waals surface area contributed by atoms with Gasteiger partial charge in [0, 0.05) is 49.1 Å². The van der Waals surface area contributed by atoms with E-state index in [0.717, 1.165) is 24.1 Å². The van der Waals surface area contributed by atoms with Gasteiger partial charge in [0.2, 0.25) is 27.8 Å². The Morgan fingerprint density at radius 2 is 1.86 bits per heavy atom. The van der Waals surface area contributed by atoms with Gasteiger partial charge in [-0.25, -0.2) is 23.1 Å². The molecule has 0 spiro atoms. The Morgan fingerprint density at radius 1 is 1.06 bits per heavy atom. The third kappa shape index (κ3) is 5.21. The molecule has 0 saturated carbocycles. The van der Waals surface area contributed by atoms with E-state index < -0.39 is 10.0 Å². The average Bonchev–Trinajstić information content (AvgIpc) is 3.21. The monoisotopic (exact) mass is 506 g/mol. The second-order valence-corrected chi connectivity index (χ2v) is 10.5. The van der Waals surface area contributed by atoms with Crippen LogP contribution < -0.4 is 15.4 Å². The second kappa shape index (κ2) is 10.0. The number of rotatable bonds is 8. The van der Waals surface area contributed by atoms with E-state index in [2.05, 4.69) is 25.3 Å². The van der Waals surface area contributed by atoms with Crippen molar-refractivity contribution in [1.29, 1.82) is 0 Å². The van der Waals surface area contributed by atoms with E-state index in [9.17, 15) is 18.0 Å². The first kappa shape index (κ1) is 23.9. The molecule has 2 amide bonds. The Labute approximate surface area is 209 Å². The van der Waals surface area contributed by atoms with Gasteiger partial charge < -0.3 is 15.5 Å². The fraction of sp³-hybridized carbons (Fsp3) is 0.280. The molecule has 0 unspecified atom stereocenters. The van der Waals surface area contributed by atoms with Crippen LogP contribution in [0, 0.1) is 0 Å². The molecule has 2 aromatic carbocycles. The Hall–Kier alpha value is -3.83. The lowest BCUT2D eigenvalue weighted by Crippen LogP contribution is -2.30. The molecule has 0 atom stereocenters. The van der Waals surface area contributed by atoms with Crippen LogP contribution in [0.15, 0.2) is 59.6 Å². The predicted molar refractivity (Wildman–Crippen MR) is 135 cm³/mol. The molecule has 5 rings (SSSR count). The zero-order chi connectivity index (χ0) is 25.1. The van der Waals surface area contributed by atoms with Gasteiger partial charge >= 0.3 is 0 Å². The van der Waals surface area contributed by atoms with Crippen molar-refractivity contribution in [2.45, 2.75) is 30.6 Å². The Balaban J connectivity index is 1.24. The zero-order valence-electron chi connectivity index (χ0n) is 19.5. The Morgan fingerprint density at radius 3 is 2.64 bits per heavy atom.